The molecule has 12 rings (SSSR count). The van der Waals surface area contributed by atoms with Crippen LogP contribution in [-0.2, 0) is 51.3 Å². The van der Waals surface area contributed by atoms with Crippen LogP contribution in [0.5, 0.6) is 0 Å². The normalized spacial score (nSPS) is 17.2. The van der Waals surface area contributed by atoms with Crippen LogP contribution in [0.3, 0.4) is 0 Å². The zero-order valence-corrected chi connectivity index (χ0v) is 48.4. The molecular formula is C60H72N16O7. The molecule has 83 heavy (non-hydrogen) atoms. The molecule has 23 heteroatoms. The number of aryl methyl sites for hydroxylation is 2. The van der Waals surface area contributed by atoms with Crippen molar-refractivity contribution in [2.24, 2.45) is 0 Å². The summed E-state index contributed by atoms with van der Waals surface area (Å²) in [6, 6.07) is 17.0. The maximum absolute atomic E-state index is 13.3. The van der Waals surface area contributed by atoms with Gasteiger partial charge in [0.2, 0.25) is 46.9 Å². The Morgan fingerprint density at radius 1 is 0.663 bits per heavy atom. The Balaban J connectivity index is 0.000000172. The number of ketones is 3. The minimum Gasteiger partial charge on any atom is -0.378 e. The molecular weight excluding hydrogens is 1060 g/mol. The summed E-state index contributed by atoms with van der Waals surface area (Å²) in [5.41, 5.74) is 9.43. The molecule has 4 aliphatic heterocycles. The molecule has 8 aromatic rings. The molecule has 434 valence electrons. The van der Waals surface area contributed by atoms with Gasteiger partial charge < -0.3 is 34.5 Å². The molecule has 2 atom stereocenters. The largest absolute Gasteiger partial charge is 0.378 e. The fourth-order valence-electron chi connectivity index (χ4n) is 9.93. The summed E-state index contributed by atoms with van der Waals surface area (Å²) in [4.78, 5) is 65.6. The summed E-state index contributed by atoms with van der Waals surface area (Å²) in [6.45, 7) is 23.0. The monoisotopic (exact) mass is 1130 g/mol. The maximum atomic E-state index is 13.3. The third-order valence-corrected chi connectivity index (χ3v) is 14.8. The Bertz CT molecular complexity index is 3540. The molecule has 10 heterocycles. The number of carbonyl (C=O) groups is 3. The van der Waals surface area contributed by atoms with Crippen LogP contribution < -0.4 is 16.0 Å². The fourth-order valence-corrected chi connectivity index (χ4v) is 9.93. The highest BCUT2D eigenvalue weighted by Gasteiger charge is 2.34. The SMILES string of the molecule is CCn1cc(Nc2nccc(-c3ccc4c(c3)CN(C3COC3)CCC4CC(=O)c3noc(C(C)(C)C)n3)n2)cn1.CCn1cc(Nc2nccc(-c3ccc4c(c3)CNCCC4CC(=O)c3noc(C(C)(C)C)n3)n2)cn1.O=C1COC1. The first-order valence-electron chi connectivity index (χ1n) is 28.3. The van der Waals surface area contributed by atoms with Crippen LogP contribution in [0.15, 0.2) is 94.8 Å². The molecule has 3 N–H and O–H groups in total. The highest BCUT2D eigenvalue weighted by molar-refractivity contribution is 5.93. The molecule has 0 amide bonds. The molecule has 0 saturated carbocycles. The number of Topliss-reactive ketones (excluding diaryl/α,β-unsaturated/α-hetero) is 3. The van der Waals surface area contributed by atoms with Gasteiger partial charge in [0, 0.05) is 85.8 Å². The van der Waals surface area contributed by atoms with Gasteiger partial charge in [0.25, 0.3) is 0 Å². The molecule has 2 saturated heterocycles. The number of ether oxygens (including phenoxy) is 2. The van der Waals surface area contributed by atoms with Gasteiger partial charge in [-0.15, -0.1) is 0 Å². The molecule has 0 aliphatic carbocycles. The smallest absolute Gasteiger partial charge is 0.238 e. The fraction of sp³-hybridized carbons (Fsp3) is 0.450. The van der Waals surface area contributed by atoms with Crippen LogP contribution in [0.2, 0.25) is 0 Å². The second-order valence-electron chi connectivity index (χ2n) is 23.2. The highest BCUT2D eigenvalue weighted by Crippen LogP contribution is 2.37. The number of fused-ring (bicyclic) bond motifs is 2. The second kappa shape index (κ2) is 25.5. The van der Waals surface area contributed by atoms with E-state index in [9.17, 15) is 14.4 Å². The maximum Gasteiger partial charge on any atom is 0.238 e. The van der Waals surface area contributed by atoms with Crippen LogP contribution >= 0.6 is 0 Å². The van der Waals surface area contributed by atoms with Crippen molar-refractivity contribution in [1.82, 2.24) is 70.0 Å². The molecule has 0 spiro atoms. The molecule has 4 aliphatic rings. The Morgan fingerprint density at radius 3 is 1.61 bits per heavy atom. The van der Waals surface area contributed by atoms with Crippen molar-refractivity contribution in [3.8, 4) is 22.5 Å². The third-order valence-electron chi connectivity index (χ3n) is 14.8. The third kappa shape index (κ3) is 14.5. The number of aromatic nitrogens is 12. The second-order valence-corrected chi connectivity index (χ2v) is 23.2. The predicted octanol–water partition coefficient (Wildman–Crippen LogP) is 8.96. The summed E-state index contributed by atoms with van der Waals surface area (Å²) in [5, 5.41) is 26.5. The Labute approximate surface area is 481 Å². The predicted molar refractivity (Wildman–Crippen MR) is 308 cm³/mol. The van der Waals surface area contributed by atoms with Crippen molar-refractivity contribution in [3.05, 3.63) is 131 Å². The number of rotatable bonds is 15. The summed E-state index contributed by atoms with van der Waals surface area (Å²) < 4.78 is 24.4. The number of nitrogens with zero attached hydrogens (tertiary/aromatic N) is 13. The van der Waals surface area contributed by atoms with Crippen molar-refractivity contribution in [2.75, 3.05) is 50.2 Å². The van der Waals surface area contributed by atoms with E-state index in [1.807, 2.05) is 89.3 Å². The Morgan fingerprint density at radius 2 is 1.17 bits per heavy atom. The molecule has 2 fully saturated rings. The molecule has 23 nitrogen and oxygen atoms in total. The number of anilines is 4. The van der Waals surface area contributed by atoms with E-state index in [2.05, 4.69) is 102 Å². The molecule has 2 aromatic carbocycles. The first kappa shape index (κ1) is 58.0. The lowest BCUT2D eigenvalue weighted by atomic mass is 9.87. The van der Waals surface area contributed by atoms with Gasteiger partial charge in [-0.1, -0.05) is 76.1 Å². The van der Waals surface area contributed by atoms with Crippen molar-refractivity contribution in [1.29, 1.82) is 0 Å². The van der Waals surface area contributed by atoms with E-state index in [1.54, 1.807) is 24.8 Å². The standard InChI is InChI=1S/C30H36N8O3.C27H32N8O2.C3H4O2/c1-5-38-16-22(14-32-38)33-29-31-10-8-25(34-29)20-6-7-24-19(9-11-37(15-21(24)12-20)23-17-40-18-23)13-26(39)27-35-28(41-36-27)30(2,3)4;1-5-35-16-20(15-30-35)31-26-29-11-9-22(32-26)18-6-7-21-17(8-10-28-14-19(21)12-18)13-23(36)24-33-25(37-34-24)27(2,3)4;4-3-1-5-2-3/h6-8,10,12,14,16,19,23H,5,9,11,13,15,17-18H2,1-4H3,(H,31,33,34);6-7,9,11-12,15-17,28H,5,8,10,13-14H2,1-4H3,(H,29,31,32);1-2H2. The molecule has 0 radical (unpaired) electrons. The highest BCUT2D eigenvalue weighted by atomic mass is 16.5. The van der Waals surface area contributed by atoms with E-state index < -0.39 is 0 Å². The minimum atomic E-state index is -0.309. The molecule has 6 aromatic heterocycles. The summed E-state index contributed by atoms with van der Waals surface area (Å²) in [6.07, 6.45) is 13.3. The summed E-state index contributed by atoms with van der Waals surface area (Å²) in [7, 11) is 0. The Hall–Kier alpha value is -8.25. The van der Waals surface area contributed by atoms with E-state index in [0.29, 0.717) is 55.8 Å². The van der Waals surface area contributed by atoms with Gasteiger partial charge in [-0.2, -0.15) is 20.2 Å². The molecule has 2 unspecified atom stereocenters. The molecule has 0 bridgehead atoms. The van der Waals surface area contributed by atoms with Gasteiger partial charge in [-0.25, -0.2) is 19.9 Å². The van der Waals surface area contributed by atoms with Crippen molar-refractivity contribution in [3.63, 3.8) is 0 Å². The van der Waals surface area contributed by atoms with Gasteiger partial charge in [-0.3, -0.25) is 28.6 Å². The Kier molecular flexibility index (Phi) is 17.8. The van der Waals surface area contributed by atoms with Gasteiger partial charge in [0.1, 0.15) is 13.2 Å². The van der Waals surface area contributed by atoms with E-state index >= 15 is 0 Å². The number of hydrogen-bond acceptors (Lipinski definition) is 21. The van der Waals surface area contributed by atoms with Gasteiger partial charge in [0.05, 0.1) is 54.4 Å². The zero-order chi connectivity index (χ0) is 58.3. The first-order chi connectivity index (χ1) is 40.0. The number of benzene rings is 2. The van der Waals surface area contributed by atoms with Gasteiger partial charge in [0.15, 0.2) is 5.78 Å². The first-order valence-corrected chi connectivity index (χ1v) is 28.3. The van der Waals surface area contributed by atoms with Crippen LogP contribution in [0.25, 0.3) is 22.5 Å². The minimum absolute atomic E-state index is 0.0480. The van der Waals surface area contributed by atoms with Crippen LogP contribution in [-0.4, -0.2) is 128 Å². The lowest BCUT2D eigenvalue weighted by molar-refractivity contribution is -0.140. The van der Waals surface area contributed by atoms with Crippen molar-refractivity contribution >= 4 is 40.6 Å². The van der Waals surface area contributed by atoms with E-state index in [-0.39, 0.29) is 51.7 Å². The van der Waals surface area contributed by atoms with Crippen molar-refractivity contribution in [2.45, 2.75) is 136 Å². The van der Waals surface area contributed by atoms with Crippen LogP contribution in [0.1, 0.15) is 148 Å². The zero-order valence-electron chi connectivity index (χ0n) is 48.4. The van der Waals surface area contributed by atoms with Crippen LogP contribution in [0, 0.1) is 0 Å². The average molecular weight is 1130 g/mol. The van der Waals surface area contributed by atoms with Crippen molar-refractivity contribution < 1.29 is 32.9 Å². The van der Waals surface area contributed by atoms with E-state index in [0.717, 1.165) is 105 Å². The van der Waals surface area contributed by atoms with Gasteiger partial charge in [-0.05, 0) is 98.1 Å². The number of carbonyl (C=O) groups excluding carboxylic acids is 3. The number of nitrogens with one attached hydrogen (secondary N) is 3. The average Bonchev–Trinajstić information content (AvgIpc) is 4.39. The van der Waals surface area contributed by atoms with Crippen LogP contribution in [0.4, 0.5) is 23.3 Å². The van der Waals surface area contributed by atoms with E-state index in [4.69, 9.17) is 23.8 Å². The summed E-state index contributed by atoms with van der Waals surface area (Å²) >= 11 is 0. The number of hydrogen-bond donors (Lipinski definition) is 3. The van der Waals surface area contributed by atoms with Gasteiger partial charge >= 0.3 is 0 Å². The lowest BCUT2D eigenvalue weighted by Gasteiger charge is -2.36. The lowest BCUT2D eigenvalue weighted by Crippen LogP contribution is -2.48. The topological polar surface area (TPSA) is 274 Å². The van der Waals surface area contributed by atoms with E-state index in [1.165, 1.54) is 16.7 Å². The quantitative estimate of drug-likeness (QED) is 0.0808. The summed E-state index contributed by atoms with van der Waals surface area (Å²) in [5.74, 6) is 2.43.